The van der Waals surface area contributed by atoms with Gasteiger partial charge in [-0.05, 0) is 56.2 Å². The lowest BCUT2D eigenvalue weighted by Crippen LogP contribution is -2.41. The Morgan fingerprint density at radius 1 is 1.10 bits per heavy atom. The first kappa shape index (κ1) is 22.6. The summed E-state index contributed by atoms with van der Waals surface area (Å²) in [6.07, 6.45) is 0.0260. The molecule has 0 aliphatic heterocycles. The monoisotopic (exact) mass is 398 g/mol. The van der Waals surface area contributed by atoms with E-state index < -0.39 is 0 Å². The first-order valence-corrected chi connectivity index (χ1v) is 10.2. The van der Waals surface area contributed by atoms with Crippen molar-refractivity contribution < 1.29 is 9.47 Å². The van der Waals surface area contributed by atoms with Gasteiger partial charge in [-0.15, -0.1) is 0 Å². The molecule has 29 heavy (non-hydrogen) atoms. The summed E-state index contributed by atoms with van der Waals surface area (Å²) >= 11 is 0. The third kappa shape index (κ3) is 8.87. The van der Waals surface area contributed by atoms with Gasteiger partial charge in [0.1, 0.15) is 11.9 Å². The first-order chi connectivity index (χ1) is 14.1. The van der Waals surface area contributed by atoms with Crippen molar-refractivity contribution in [3.8, 4) is 5.75 Å². The van der Waals surface area contributed by atoms with E-state index in [-0.39, 0.29) is 6.10 Å². The number of benzene rings is 2. The van der Waals surface area contributed by atoms with Crippen LogP contribution in [0.1, 0.15) is 25.0 Å². The maximum absolute atomic E-state index is 5.98. The number of hydrogen-bond donors (Lipinski definition) is 3. The number of aryl methyl sites for hydroxylation is 1. The Kier molecular flexibility index (Phi) is 9.86. The Labute approximate surface area is 174 Å². The fourth-order valence-electron chi connectivity index (χ4n) is 2.74. The number of nitrogens with zero attached hydrogens (tertiary/aromatic N) is 1. The molecule has 1 unspecified atom stereocenters. The summed E-state index contributed by atoms with van der Waals surface area (Å²) < 4.78 is 11.0. The van der Waals surface area contributed by atoms with Crippen LogP contribution in [0.2, 0.25) is 0 Å². The highest BCUT2D eigenvalue weighted by Crippen LogP contribution is 2.14. The maximum Gasteiger partial charge on any atom is 0.191 e. The third-order valence-corrected chi connectivity index (χ3v) is 4.24. The standard InChI is InChI=1S/C23H34N4O2/c1-5-24-23(26-16-19(3)29-22-8-6-7-18(2)15-22)27-17-20-9-11-21(12-10-20)25-13-14-28-4/h6-12,15,19,25H,5,13-14,16-17H2,1-4H3,(H2,24,26,27). The van der Waals surface area contributed by atoms with Crippen LogP contribution in [0.5, 0.6) is 5.75 Å². The number of rotatable bonds is 11. The van der Waals surface area contributed by atoms with Crippen LogP contribution in [0.4, 0.5) is 5.69 Å². The minimum atomic E-state index is 0.0260. The smallest absolute Gasteiger partial charge is 0.191 e. The second kappa shape index (κ2) is 12.7. The van der Waals surface area contributed by atoms with Gasteiger partial charge in [0.2, 0.25) is 0 Å². The molecule has 1 atom stereocenters. The van der Waals surface area contributed by atoms with Gasteiger partial charge in [0.05, 0.1) is 19.7 Å². The van der Waals surface area contributed by atoms with Gasteiger partial charge in [-0.1, -0.05) is 24.3 Å². The second-order valence-corrected chi connectivity index (χ2v) is 6.94. The molecule has 0 aliphatic carbocycles. The van der Waals surface area contributed by atoms with E-state index in [0.29, 0.717) is 19.7 Å². The maximum atomic E-state index is 5.98. The summed E-state index contributed by atoms with van der Waals surface area (Å²) in [4.78, 5) is 4.68. The van der Waals surface area contributed by atoms with Crippen LogP contribution in [0.25, 0.3) is 0 Å². The van der Waals surface area contributed by atoms with Gasteiger partial charge in [-0.25, -0.2) is 4.99 Å². The van der Waals surface area contributed by atoms with Crippen LogP contribution in [-0.4, -0.2) is 45.4 Å². The predicted molar refractivity (Wildman–Crippen MR) is 121 cm³/mol. The summed E-state index contributed by atoms with van der Waals surface area (Å²) in [6.45, 7) is 9.75. The van der Waals surface area contributed by atoms with Crippen LogP contribution in [0.15, 0.2) is 53.5 Å². The quantitative estimate of drug-likeness (QED) is 0.307. The number of nitrogens with one attached hydrogen (secondary N) is 3. The summed E-state index contributed by atoms with van der Waals surface area (Å²) in [5, 5.41) is 9.96. The Hall–Kier alpha value is -2.73. The van der Waals surface area contributed by atoms with Crippen molar-refractivity contribution in [3.05, 3.63) is 59.7 Å². The van der Waals surface area contributed by atoms with E-state index in [1.165, 1.54) is 5.56 Å². The van der Waals surface area contributed by atoms with E-state index in [9.17, 15) is 0 Å². The molecule has 2 aromatic carbocycles. The Morgan fingerprint density at radius 2 is 1.90 bits per heavy atom. The van der Waals surface area contributed by atoms with Gasteiger partial charge >= 0.3 is 0 Å². The molecule has 0 radical (unpaired) electrons. The van der Waals surface area contributed by atoms with Crippen LogP contribution in [0, 0.1) is 6.92 Å². The van der Waals surface area contributed by atoms with E-state index >= 15 is 0 Å². The average molecular weight is 399 g/mol. The summed E-state index contributed by atoms with van der Waals surface area (Å²) in [5.41, 5.74) is 3.43. The molecule has 0 saturated carbocycles. The van der Waals surface area contributed by atoms with Crippen molar-refractivity contribution in [2.24, 2.45) is 4.99 Å². The minimum absolute atomic E-state index is 0.0260. The lowest BCUT2D eigenvalue weighted by atomic mass is 10.2. The molecule has 0 aromatic heterocycles. The van der Waals surface area contributed by atoms with Crippen molar-refractivity contribution in [2.45, 2.75) is 33.4 Å². The Balaban J connectivity index is 1.83. The molecule has 158 valence electrons. The molecule has 0 fully saturated rings. The van der Waals surface area contributed by atoms with Gasteiger partial charge in [-0.3, -0.25) is 0 Å². The first-order valence-electron chi connectivity index (χ1n) is 10.2. The number of hydrogen-bond acceptors (Lipinski definition) is 4. The zero-order valence-corrected chi connectivity index (χ0v) is 18.0. The fourth-order valence-corrected chi connectivity index (χ4v) is 2.74. The van der Waals surface area contributed by atoms with Crippen molar-refractivity contribution in [1.29, 1.82) is 0 Å². The van der Waals surface area contributed by atoms with Crippen molar-refractivity contribution in [1.82, 2.24) is 10.6 Å². The molecule has 6 nitrogen and oxygen atoms in total. The summed E-state index contributed by atoms with van der Waals surface area (Å²) in [7, 11) is 1.70. The SMILES string of the molecule is CCNC(=NCc1ccc(NCCOC)cc1)NCC(C)Oc1cccc(C)c1. The van der Waals surface area contributed by atoms with Crippen LogP contribution in [0.3, 0.4) is 0 Å². The highest BCUT2D eigenvalue weighted by Gasteiger charge is 2.06. The van der Waals surface area contributed by atoms with E-state index in [2.05, 4.69) is 65.1 Å². The van der Waals surface area contributed by atoms with Crippen LogP contribution < -0.4 is 20.7 Å². The summed E-state index contributed by atoms with van der Waals surface area (Å²) in [5.74, 6) is 1.68. The lowest BCUT2D eigenvalue weighted by Gasteiger charge is -2.18. The molecular weight excluding hydrogens is 364 g/mol. The second-order valence-electron chi connectivity index (χ2n) is 6.94. The zero-order valence-electron chi connectivity index (χ0n) is 18.0. The van der Waals surface area contributed by atoms with Gasteiger partial charge in [0, 0.05) is 25.9 Å². The number of anilines is 1. The third-order valence-electron chi connectivity index (χ3n) is 4.24. The Bertz CT molecular complexity index is 747. The highest BCUT2D eigenvalue weighted by molar-refractivity contribution is 5.79. The molecule has 0 aliphatic rings. The minimum Gasteiger partial charge on any atom is -0.489 e. The zero-order chi connectivity index (χ0) is 20.9. The molecule has 2 rings (SSSR count). The van der Waals surface area contributed by atoms with Gasteiger partial charge in [0.25, 0.3) is 0 Å². The van der Waals surface area contributed by atoms with E-state index in [1.807, 2.05) is 25.1 Å². The predicted octanol–water partition coefficient (Wildman–Crippen LogP) is 3.58. The number of methoxy groups -OCH3 is 1. The normalized spacial score (nSPS) is 12.3. The van der Waals surface area contributed by atoms with E-state index in [1.54, 1.807) is 7.11 Å². The lowest BCUT2D eigenvalue weighted by molar-refractivity contribution is 0.211. The van der Waals surface area contributed by atoms with Crippen molar-refractivity contribution in [3.63, 3.8) is 0 Å². The largest absolute Gasteiger partial charge is 0.489 e. The molecule has 0 saturated heterocycles. The summed E-state index contributed by atoms with van der Waals surface area (Å²) in [6, 6.07) is 16.4. The van der Waals surface area contributed by atoms with Gasteiger partial charge in [0.15, 0.2) is 5.96 Å². The van der Waals surface area contributed by atoms with Crippen LogP contribution >= 0.6 is 0 Å². The van der Waals surface area contributed by atoms with Crippen molar-refractivity contribution in [2.75, 3.05) is 38.7 Å². The average Bonchev–Trinajstić information content (AvgIpc) is 2.71. The van der Waals surface area contributed by atoms with Crippen molar-refractivity contribution >= 4 is 11.6 Å². The molecule has 3 N–H and O–H groups in total. The van der Waals surface area contributed by atoms with Gasteiger partial charge < -0.3 is 25.4 Å². The molecule has 0 heterocycles. The highest BCUT2D eigenvalue weighted by atomic mass is 16.5. The Morgan fingerprint density at radius 3 is 2.59 bits per heavy atom. The molecule has 0 bridgehead atoms. The molecule has 2 aromatic rings. The van der Waals surface area contributed by atoms with Crippen LogP contribution in [-0.2, 0) is 11.3 Å². The number of ether oxygens (including phenoxy) is 2. The fraction of sp³-hybridized carbons (Fsp3) is 0.435. The molecule has 0 spiro atoms. The number of aliphatic imine (C=N–C) groups is 1. The topological polar surface area (TPSA) is 66.9 Å². The van der Waals surface area contributed by atoms with E-state index in [4.69, 9.17) is 9.47 Å². The molecule has 0 amide bonds. The molecular formula is C23H34N4O2. The van der Waals surface area contributed by atoms with Gasteiger partial charge in [-0.2, -0.15) is 0 Å². The number of guanidine groups is 1. The van der Waals surface area contributed by atoms with E-state index in [0.717, 1.165) is 36.0 Å². The molecule has 6 heteroatoms.